The van der Waals surface area contributed by atoms with Crippen LogP contribution in [-0.4, -0.2) is 23.3 Å². The van der Waals surface area contributed by atoms with Gasteiger partial charge in [0.2, 0.25) is 0 Å². The summed E-state index contributed by atoms with van der Waals surface area (Å²) in [5, 5.41) is 13.4. The Hall–Kier alpha value is -0.0800. The predicted molar refractivity (Wildman–Crippen MR) is 53.2 cm³/mol. The van der Waals surface area contributed by atoms with Crippen molar-refractivity contribution in [2.45, 2.75) is 53.2 Å². The number of likely N-dealkylation sites (N-methyl/N-ethyl adjacent to an activating group) is 1. The highest BCUT2D eigenvalue weighted by atomic mass is 16.3. The molecule has 0 radical (unpaired) electrons. The molecular formula is C10H23NO. The molecule has 2 N–H and O–H groups in total. The molecular weight excluding hydrogens is 150 g/mol. The van der Waals surface area contributed by atoms with E-state index in [0.717, 1.165) is 6.54 Å². The molecule has 74 valence electrons. The number of aliphatic hydroxyl groups is 1. The molecule has 0 bridgehead atoms. The average molecular weight is 173 g/mol. The molecule has 0 aliphatic heterocycles. The summed E-state index contributed by atoms with van der Waals surface area (Å²) >= 11 is 0. The fraction of sp³-hybridized carbons (Fsp3) is 1.00. The second-order valence-electron chi connectivity index (χ2n) is 4.68. The first-order chi connectivity index (χ1) is 5.23. The summed E-state index contributed by atoms with van der Waals surface area (Å²) in [4.78, 5) is 0. The topological polar surface area (TPSA) is 32.3 Å². The number of hydrogen-bond acceptors (Lipinski definition) is 2. The molecule has 2 nitrogen and oxygen atoms in total. The van der Waals surface area contributed by atoms with Gasteiger partial charge >= 0.3 is 0 Å². The largest absolute Gasteiger partial charge is 0.388 e. The van der Waals surface area contributed by atoms with E-state index >= 15 is 0 Å². The lowest BCUT2D eigenvalue weighted by Crippen LogP contribution is -2.54. The van der Waals surface area contributed by atoms with Crippen LogP contribution in [0.4, 0.5) is 0 Å². The molecule has 0 saturated carbocycles. The van der Waals surface area contributed by atoms with Crippen LogP contribution in [0.3, 0.4) is 0 Å². The normalized spacial score (nSPS) is 20.2. The zero-order valence-electron chi connectivity index (χ0n) is 9.23. The van der Waals surface area contributed by atoms with Gasteiger partial charge in [-0.05, 0) is 25.8 Å². The minimum Gasteiger partial charge on any atom is -0.388 e. The molecule has 0 saturated heterocycles. The van der Waals surface area contributed by atoms with Gasteiger partial charge in [0, 0.05) is 6.04 Å². The van der Waals surface area contributed by atoms with Crippen LogP contribution in [0.1, 0.15) is 41.5 Å². The van der Waals surface area contributed by atoms with Crippen LogP contribution in [0.25, 0.3) is 0 Å². The van der Waals surface area contributed by atoms with Crippen LogP contribution in [0.15, 0.2) is 0 Å². The van der Waals surface area contributed by atoms with Crippen molar-refractivity contribution in [2.75, 3.05) is 6.54 Å². The van der Waals surface area contributed by atoms with Gasteiger partial charge in [-0.1, -0.05) is 27.7 Å². The van der Waals surface area contributed by atoms with Gasteiger partial charge in [-0.25, -0.2) is 0 Å². The monoisotopic (exact) mass is 173 g/mol. The van der Waals surface area contributed by atoms with Crippen molar-refractivity contribution < 1.29 is 5.11 Å². The lowest BCUT2D eigenvalue weighted by Gasteiger charge is -2.42. The van der Waals surface area contributed by atoms with Crippen LogP contribution in [-0.2, 0) is 0 Å². The standard InChI is InChI=1S/C10H23NO/c1-7-11-8(2)10(6,12)9(3,4)5/h8,11-12H,7H2,1-6H3. The van der Waals surface area contributed by atoms with Crippen molar-refractivity contribution in [3.63, 3.8) is 0 Å². The summed E-state index contributed by atoms with van der Waals surface area (Å²) in [6.07, 6.45) is 0. The highest BCUT2D eigenvalue weighted by Gasteiger charge is 2.39. The van der Waals surface area contributed by atoms with Gasteiger partial charge in [-0.15, -0.1) is 0 Å². The lowest BCUT2D eigenvalue weighted by atomic mass is 9.74. The Bertz CT molecular complexity index is 135. The molecule has 0 aromatic carbocycles. The van der Waals surface area contributed by atoms with Gasteiger partial charge in [0.05, 0.1) is 5.60 Å². The van der Waals surface area contributed by atoms with Gasteiger partial charge in [0.25, 0.3) is 0 Å². The van der Waals surface area contributed by atoms with Crippen molar-refractivity contribution in [3.8, 4) is 0 Å². The molecule has 0 spiro atoms. The third-order valence-corrected chi connectivity index (χ3v) is 2.87. The van der Waals surface area contributed by atoms with Gasteiger partial charge in [0.15, 0.2) is 0 Å². The lowest BCUT2D eigenvalue weighted by molar-refractivity contribution is -0.0662. The Balaban J connectivity index is 4.38. The van der Waals surface area contributed by atoms with E-state index in [0.29, 0.717) is 0 Å². The molecule has 0 heterocycles. The van der Waals surface area contributed by atoms with Gasteiger partial charge in [-0.2, -0.15) is 0 Å². The maximum absolute atomic E-state index is 10.2. The maximum Gasteiger partial charge on any atom is 0.0817 e. The van der Waals surface area contributed by atoms with Crippen LogP contribution in [0, 0.1) is 5.41 Å². The molecule has 0 aromatic rings. The number of rotatable bonds is 3. The van der Waals surface area contributed by atoms with Crippen molar-refractivity contribution >= 4 is 0 Å². The third kappa shape index (κ3) is 2.46. The maximum atomic E-state index is 10.2. The molecule has 0 amide bonds. The fourth-order valence-electron chi connectivity index (χ4n) is 1.15. The molecule has 0 rings (SSSR count). The van der Waals surface area contributed by atoms with E-state index in [1.54, 1.807) is 0 Å². The second kappa shape index (κ2) is 3.75. The molecule has 0 aliphatic rings. The number of hydrogen-bond donors (Lipinski definition) is 2. The van der Waals surface area contributed by atoms with Crippen LogP contribution >= 0.6 is 0 Å². The van der Waals surface area contributed by atoms with E-state index in [-0.39, 0.29) is 11.5 Å². The van der Waals surface area contributed by atoms with Crippen LogP contribution in [0.5, 0.6) is 0 Å². The Morgan fingerprint density at radius 3 is 1.92 bits per heavy atom. The molecule has 0 aromatic heterocycles. The van der Waals surface area contributed by atoms with E-state index in [9.17, 15) is 5.11 Å². The quantitative estimate of drug-likeness (QED) is 0.682. The first kappa shape index (κ1) is 11.9. The van der Waals surface area contributed by atoms with E-state index in [1.165, 1.54) is 0 Å². The Labute approximate surface area is 76.4 Å². The zero-order valence-corrected chi connectivity index (χ0v) is 9.23. The van der Waals surface area contributed by atoms with Crippen molar-refractivity contribution in [2.24, 2.45) is 5.41 Å². The Morgan fingerprint density at radius 2 is 1.67 bits per heavy atom. The highest BCUT2D eigenvalue weighted by Crippen LogP contribution is 2.32. The molecule has 12 heavy (non-hydrogen) atoms. The third-order valence-electron chi connectivity index (χ3n) is 2.87. The minimum atomic E-state index is -0.664. The SMILES string of the molecule is CCNC(C)C(C)(O)C(C)(C)C. The summed E-state index contributed by atoms with van der Waals surface area (Å²) in [7, 11) is 0. The van der Waals surface area contributed by atoms with E-state index in [4.69, 9.17) is 0 Å². The Kier molecular flexibility index (Phi) is 3.73. The van der Waals surface area contributed by atoms with Gasteiger partial charge < -0.3 is 10.4 Å². The van der Waals surface area contributed by atoms with E-state index < -0.39 is 5.60 Å². The smallest absolute Gasteiger partial charge is 0.0817 e. The summed E-state index contributed by atoms with van der Waals surface area (Å²) in [5.74, 6) is 0. The van der Waals surface area contributed by atoms with Gasteiger partial charge in [0.1, 0.15) is 0 Å². The summed E-state index contributed by atoms with van der Waals surface area (Å²) < 4.78 is 0. The number of nitrogens with one attached hydrogen (secondary N) is 1. The molecule has 2 unspecified atom stereocenters. The molecule has 0 aliphatic carbocycles. The van der Waals surface area contributed by atoms with Crippen molar-refractivity contribution in [1.82, 2.24) is 5.32 Å². The van der Waals surface area contributed by atoms with Crippen molar-refractivity contribution in [1.29, 1.82) is 0 Å². The fourth-order valence-corrected chi connectivity index (χ4v) is 1.15. The average Bonchev–Trinajstić information content (AvgIpc) is 1.85. The molecule has 2 heteroatoms. The van der Waals surface area contributed by atoms with E-state index in [1.807, 2.05) is 13.8 Å². The zero-order chi connectivity index (χ0) is 9.99. The van der Waals surface area contributed by atoms with Gasteiger partial charge in [-0.3, -0.25) is 0 Å². The molecule has 2 atom stereocenters. The summed E-state index contributed by atoms with van der Waals surface area (Å²) in [5.41, 5.74) is -0.752. The first-order valence-electron chi connectivity index (χ1n) is 4.69. The first-order valence-corrected chi connectivity index (χ1v) is 4.69. The summed E-state index contributed by atoms with van der Waals surface area (Å²) in [6.45, 7) is 13.0. The van der Waals surface area contributed by atoms with Crippen LogP contribution in [0.2, 0.25) is 0 Å². The van der Waals surface area contributed by atoms with Crippen LogP contribution < -0.4 is 5.32 Å². The minimum absolute atomic E-state index is 0.0887. The molecule has 0 fully saturated rings. The highest BCUT2D eigenvalue weighted by molar-refractivity contribution is 4.94. The predicted octanol–water partition coefficient (Wildman–Crippen LogP) is 1.78. The Morgan fingerprint density at radius 1 is 1.25 bits per heavy atom. The second-order valence-corrected chi connectivity index (χ2v) is 4.68. The summed E-state index contributed by atoms with van der Waals surface area (Å²) in [6, 6.07) is 0.127. The van der Waals surface area contributed by atoms with E-state index in [2.05, 4.69) is 33.0 Å². The van der Waals surface area contributed by atoms with Crippen molar-refractivity contribution in [3.05, 3.63) is 0 Å².